The lowest BCUT2D eigenvalue weighted by atomic mass is 10.2. The Bertz CT molecular complexity index is 632. The minimum atomic E-state index is -1.13. The van der Waals surface area contributed by atoms with E-state index in [1.807, 2.05) is 5.38 Å². The van der Waals surface area contributed by atoms with Crippen LogP contribution in [-0.4, -0.2) is 17.1 Å². The van der Waals surface area contributed by atoms with Crippen LogP contribution < -0.4 is 10.6 Å². The zero-order valence-electron chi connectivity index (χ0n) is 11.5. The summed E-state index contributed by atoms with van der Waals surface area (Å²) in [5.74, 6) is -0.873. The van der Waals surface area contributed by atoms with E-state index >= 15 is 0 Å². The van der Waals surface area contributed by atoms with Crippen molar-refractivity contribution in [3.05, 3.63) is 45.5 Å². The summed E-state index contributed by atoms with van der Waals surface area (Å²) in [6.07, 6.45) is 0.937. The molecule has 2 aromatic rings. The van der Waals surface area contributed by atoms with E-state index in [0.29, 0.717) is 12.3 Å². The number of carboxylic acid groups (broad SMARTS) is 1. The Morgan fingerprint density at radius 2 is 2.00 bits per heavy atom. The van der Waals surface area contributed by atoms with Crippen LogP contribution in [0.3, 0.4) is 0 Å². The molecule has 2 heterocycles. The fourth-order valence-electron chi connectivity index (χ4n) is 1.82. The molecule has 0 unspecified atom stereocenters. The molecule has 0 aliphatic rings. The molecule has 6 nitrogen and oxygen atoms in total. The predicted octanol–water partition coefficient (Wildman–Crippen LogP) is 2.60. The molecule has 2 aromatic heterocycles. The van der Waals surface area contributed by atoms with E-state index < -0.39 is 5.97 Å². The number of carbonyl (C=O) groups is 2. The van der Waals surface area contributed by atoms with Crippen LogP contribution in [0.4, 0.5) is 4.79 Å². The molecule has 3 N–H and O–H groups in total. The Hall–Kier alpha value is -2.28. The molecule has 2 amide bonds. The van der Waals surface area contributed by atoms with Crippen molar-refractivity contribution in [3.63, 3.8) is 0 Å². The van der Waals surface area contributed by atoms with Crippen LogP contribution in [0.25, 0.3) is 0 Å². The lowest BCUT2D eigenvalue weighted by Gasteiger charge is -2.06. The predicted molar refractivity (Wildman–Crippen MR) is 78.4 cm³/mol. The van der Waals surface area contributed by atoms with Gasteiger partial charge in [0.05, 0.1) is 13.1 Å². The summed E-state index contributed by atoms with van der Waals surface area (Å²) in [7, 11) is 0. The van der Waals surface area contributed by atoms with Crippen molar-refractivity contribution >= 4 is 23.3 Å². The quantitative estimate of drug-likeness (QED) is 0.765. The first-order valence-electron chi connectivity index (χ1n) is 6.49. The lowest BCUT2D eigenvalue weighted by molar-refractivity contribution is 0.0660. The molecule has 0 spiro atoms. The molecule has 112 valence electrons. The summed E-state index contributed by atoms with van der Waals surface area (Å²) in [4.78, 5) is 23.5. The van der Waals surface area contributed by atoms with Gasteiger partial charge in [-0.1, -0.05) is 6.92 Å². The number of thiophene rings is 1. The monoisotopic (exact) mass is 308 g/mol. The summed E-state index contributed by atoms with van der Waals surface area (Å²) in [5.41, 5.74) is 1.23. The third kappa shape index (κ3) is 4.09. The van der Waals surface area contributed by atoms with Gasteiger partial charge in [0.25, 0.3) is 0 Å². The Morgan fingerprint density at radius 3 is 2.67 bits per heavy atom. The highest BCUT2D eigenvalue weighted by atomic mass is 32.1. The van der Waals surface area contributed by atoms with Crippen molar-refractivity contribution in [2.24, 2.45) is 0 Å². The van der Waals surface area contributed by atoms with Crippen LogP contribution in [-0.2, 0) is 19.5 Å². The number of furan rings is 1. The number of hydrogen-bond donors (Lipinski definition) is 3. The topological polar surface area (TPSA) is 91.6 Å². The summed E-state index contributed by atoms with van der Waals surface area (Å²) in [6, 6.07) is 4.61. The minimum absolute atomic E-state index is 0.140. The fourth-order valence-corrected chi connectivity index (χ4v) is 2.73. The Morgan fingerprint density at radius 1 is 1.24 bits per heavy atom. The first-order chi connectivity index (χ1) is 10.1. The smallest absolute Gasteiger partial charge is 0.371 e. The maximum Gasteiger partial charge on any atom is 0.371 e. The van der Waals surface area contributed by atoms with Gasteiger partial charge in [-0.2, -0.15) is 0 Å². The van der Waals surface area contributed by atoms with E-state index in [0.717, 1.165) is 11.3 Å². The van der Waals surface area contributed by atoms with Crippen LogP contribution in [0.1, 0.15) is 33.7 Å². The Kier molecular flexibility index (Phi) is 4.99. The summed E-state index contributed by atoms with van der Waals surface area (Å²) in [6.45, 7) is 2.69. The number of carbonyl (C=O) groups excluding carboxylic acids is 1. The number of nitrogens with one attached hydrogen (secondary N) is 2. The third-order valence-electron chi connectivity index (χ3n) is 2.92. The zero-order chi connectivity index (χ0) is 15.2. The Balaban J connectivity index is 1.78. The van der Waals surface area contributed by atoms with Crippen LogP contribution >= 0.6 is 11.3 Å². The van der Waals surface area contributed by atoms with E-state index in [1.54, 1.807) is 11.3 Å². The molecular formula is C14H16N2O4S. The minimum Gasteiger partial charge on any atom is -0.475 e. The van der Waals surface area contributed by atoms with Crippen LogP contribution in [0.15, 0.2) is 28.0 Å². The molecule has 21 heavy (non-hydrogen) atoms. The fraction of sp³-hybridized carbons (Fsp3) is 0.286. The highest BCUT2D eigenvalue weighted by Crippen LogP contribution is 2.16. The molecule has 0 atom stereocenters. The van der Waals surface area contributed by atoms with Crippen LogP contribution in [0.2, 0.25) is 0 Å². The van der Waals surface area contributed by atoms with Crippen molar-refractivity contribution in [3.8, 4) is 0 Å². The number of urea groups is 1. The van der Waals surface area contributed by atoms with Gasteiger partial charge in [0.1, 0.15) is 5.76 Å². The van der Waals surface area contributed by atoms with Crippen LogP contribution in [0.5, 0.6) is 0 Å². The molecule has 0 aliphatic carbocycles. The van der Waals surface area contributed by atoms with Gasteiger partial charge in [-0.15, -0.1) is 11.3 Å². The highest BCUT2D eigenvalue weighted by molar-refractivity contribution is 7.10. The van der Waals surface area contributed by atoms with E-state index in [4.69, 9.17) is 9.52 Å². The van der Waals surface area contributed by atoms with Crippen LogP contribution in [0, 0.1) is 0 Å². The van der Waals surface area contributed by atoms with Gasteiger partial charge in [-0.3, -0.25) is 0 Å². The maximum atomic E-state index is 11.7. The van der Waals surface area contributed by atoms with Crippen molar-refractivity contribution in [1.29, 1.82) is 0 Å². The number of aryl methyl sites for hydroxylation is 1. The second kappa shape index (κ2) is 6.94. The number of amides is 2. The van der Waals surface area contributed by atoms with Gasteiger partial charge in [0.15, 0.2) is 0 Å². The van der Waals surface area contributed by atoms with Crippen molar-refractivity contribution in [2.45, 2.75) is 26.4 Å². The summed E-state index contributed by atoms with van der Waals surface area (Å²) < 4.78 is 5.04. The maximum absolute atomic E-state index is 11.7. The average Bonchev–Trinajstić information content (AvgIpc) is 3.11. The number of carboxylic acids is 1. The van der Waals surface area contributed by atoms with Gasteiger partial charge in [0.2, 0.25) is 5.76 Å². The van der Waals surface area contributed by atoms with Crippen molar-refractivity contribution in [2.75, 3.05) is 0 Å². The zero-order valence-corrected chi connectivity index (χ0v) is 12.3. The number of rotatable bonds is 6. The molecule has 0 fully saturated rings. The molecule has 7 heteroatoms. The average molecular weight is 308 g/mol. The van der Waals surface area contributed by atoms with Crippen molar-refractivity contribution in [1.82, 2.24) is 10.6 Å². The molecule has 0 saturated heterocycles. The molecule has 2 rings (SSSR count). The largest absolute Gasteiger partial charge is 0.475 e. The molecular weight excluding hydrogens is 292 g/mol. The van der Waals surface area contributed by atoms with Gasteiger partial charge < -0.3 is 20.2 Å². The molecule has 0 saturated carbocycles. The summed E-state index contributed by atoms with van der Waals surface area (Å²) >= 11 is 1.61. The van der Waals surface area contributed by atoms with Gasteiger partial charge in [0, 0.05) is 4.88 Å². The normalized spacial score (nSPS) is 10.3. The van der Waals surface area contributed by atoms with E-state index in [1.165, 1.54) is 17.7 Å². The number of hydrogen-bond acceptors (Lipinski definition) is 4. The van der Waals surface area contributed by atoms with E-state index in [-0.39, 0.29) is 18.3 Å². The highest BCUT2D eigenvalue weighted by Gasteiger charge is 2.10. The first-order valence-corrected chi connectivity index (χ1v) is 7.37. The molecule has 0 aromatic carbocycles. The second-order valence-electron chi connectivity index (χ2n) is 4.33. The Labute approximate surface area is 125 Å². The van der Waals surface area contributed by atoms with Gasteiger partial charge >= 0.3 is 12.0 Å². The number of aromatic carboxylic acids is 1. The van der Waals surface area contributed by atoms with E-state index in [2.05, 4.69) is 23.6 Å². The molecule has 0 aliphatic heterocycles. The lowest BCUT2D eigenvalue weighted by Crippen LogP contribution is -2.34. The standard InChI is InChI=1S/C14H16N2O4S/c1-2-9-5-6-21-12(9)8-16-14(19)15-7-10-3-4-11(20-10)13(17)18/h3-6H,2,7-8H2,1H3,(H,17,18)(H2,15,16,19). The molecule has 0 bridgehead atoms. The van der Waals surface area contributed by atoms with Gasteiger partial charge in [-0.05, 0) is 35.6 Å². The SMILES string of the molecule is CCc1ccsc1CNC(=O)NCc1ccc(C(=O)O)o1. The van der Waals surface area contributed by atoms with Gasteiger partial charge in [-0.25, -0.2) is 9.59 Å². The van der Waals surface area contributed by atoms with E-state index in [9.17, 15) is 9.59 Å². The van der Waals surface area contributed by atoms with Crippen molar-refractivity contribution < 1.29 is 19.1 Å². The molecule has 0 radical (unpaired) electrons. The first kappa shape index (κ1) is 15.1. The second-order valence-corrected chi connectivity index (χ2v) is 5.33. The third-order valence-corrected chi connectivity index (χ3v) is 3.89. The summed E-state index contributed by atoms with van der Waals surface area (Å²) in [5, 5.41) is 16.1.